The molecule has 0 radical (unpaired) electrons. The van der Waals surface area contributed by atoms with Crippen molar-refractivity contribution in [2.75, 3.05) is 31.1 Å². The Bertz CT molecular complexity index is 486. The van der Waals surface area contributed by atoms with Crippen molar-refractivity contribution in [3.05, 3.63) is 23.3 Å². The van der Waals surface area contributed by atoms with Crippen molar-refractivity contribution in [3.8, 4) is 5.75 Å². The first-order valence-corrected chi connectivity index (χ1v) is 8.60. The zero-order valence-electron chi connectivity index (χ0n) is 13.5. The highest BCUT2D eigenvalue weighted by atomic mass is 16.5. The molecule has 1 aromatic carbocycles. The fraction of sp³-hybridized carbons (Fsp3) is 0.667. The summed E-state index contributed by atoms with van der Waals surface area (Å²) in [5, 5.41) is 3.50. The minimum absolute atomic E-state index is 0.357. The van der Waals surface area contributed by atoms with Crippen LogP contribution in [0.15, 0.2) is 12.1 Å². The van der Waals surface area contributed by atoms with Crippen LogP contribution in [0, 0.1) is 0 Å². The largest absolute Gasteiger partial charge is 0.486 e. The van der Waals surface area contributed by atoms with E-state index in [0.29, 0.717) is 6.10 Å². The van der Waals surface area contributed by atoms with Crippen molar-refractivity contribution in [2.24, 2.45) is 0 Å². The second-order valence-electron chi connectivity index (χ2n) is 6.31. The molecule has 0 unspecified atom stereocenters. The Balaban J connectivity index is 1.93. The minimum Gasteiger partial charge on any atom is -0.486 e. The van der Waals surface area contributed by atoms with Gasteiger partial charge in [0, 0.05) is 6.54 Å². The summed E-state index contributed by atoms with van der Waals surface area (Å²) in [6.07, 6.45) is 6.15. The second-order valence-corrected chi connectivity index (χ2v) is 6.31. The predicted molar refractivity (Wildman–Crippen MR) is 88.5 cm³/mol. The van der Waals surface area contributed by atoms with Crippen LogP contribution in [-0.2, 0) is 12.8 Å². The SMILES string of the molecule is CCC[C@@H]1CN(CCC)c2cc3c(cc2O1)CCNCC3. The van der Waals surface area contributed by atoms with Crippen molar-refractivity contribution in [2.45, 2.75) is 52.1 Å². The van der Waals surface area contributed by atoms with E-state index < -0.39 is 0 Å². The van der Waals surface area contributed by atoms with Crippen LogP contribution in [0.3, 0.4) is 0 Å². The van der Waals surface area contributed by atoms with Crippen LogP contribution >= 0.6 is 0 Å². The van der Waals surface area contributed by atoms with E-state index in [1.54, 1.807) is 0 Å². The Kier molecular flexibility index (Phi) is 4.69. The molecule has 2 aliphatic heterocycles. The molecule has 116 valence electrons. The maximum atomic E-state index is 6.29. The van der Waals surface area contributed by atoms with Gasteiger partial charge in [-0.05, 0) is 62.0 Å². The van der Waals surface area contributed by atoms with Gasteiger partial charge in [-0.2, -0.15) is 0 Å². The van der Waals surface area contributed by atoms with Crippen LogP contribution < -0.4 is 15.0 Å². The molecule has 0 fully saturated rings. The van der Waals surface area contributed by atoms with Gasteiger partial charge in [-0.1, -0.05) is 20.3 Å². The molecule has 0 amide bonds. The van der Waals surface area contributed by atoms with E-state index in [1.807, 2.05) is 0 Å². The summed E-state index contributed by atoms with van der Waals surface area (Å²) < 4.78 is 6.29. The summed E-state index contributed by atoms with van der Waals surface area (Å²) >= 11 is 0. The van der Waals surface area contributed by atoms with Gasteiger partial charge in [0.1, 0.15) is 11.9 Å². The van der Waals surface area contributed by atoms with Crippen LogP contribution in [0.5, 0.6) is 5.75 Å². The van der Waals surface area contributed by atoms with Gasteiger partial charge in [-0.15, -0.1) is 0 Å². The van der Waals surface area contributed by atoms with Gasteiger partial charge in [0.2, 0.25) is 0 Å². The number of hydrogen-bond acceptors (Lipinski definition) is 3. The van der Waals surface area contributed by atoms with Crippen LogP contribution in [0.1, 0.15) is 44.2 Å². The van der Waals surface area contributed by atoms with Crippen molar-refractivity contribution in [1.29, 1.82) is 0 Å². The molecule has 0 aromatic heterocycles. The number of nitrogens with zero attached hydrogens (tertiary/aromatic N) is 1. The Labute approximate surface area is 128 Å². The van der Waals surface area contributed by atoms with Gasteiger partial charge in [0.25, 0.3) is 0 Å². The summed E-state index contributed by atoms with van der Waals surface area (Å²) in [5.74, 6) is 1.12. The van der Waals surface area contributed by atoms with Crippen molar-refractivity contribution in [1.82, 2.24) is 5.32 Å². The first-order chi connectivity index (χ1) is 10.3. The molecule has 0 aliphatic carbocycles. The molecule has 21 heavy (non-hydrogen) atoms. The average Bonchev–Trinajstić information content (AvgIpc) is 2.71. The van der Waals surface area contributed by atoms with Gasteiger partial charge >= 0.3 is 0 Å². The summed E-state index contributed by atoms with van der Waals surface area (Å²) in [4.78, 5) is 2.54. The maximum Gasteiger partial charge on any atom is 0.143 e. The molecule has 0 saturated heterocycles. The molecule has 3 nitrogen and oxygen atoms in total. The lowest BCUT2D eigenvalue weighted by atomic mass is 9.99. The second kappa shape index (κ2) is 6.69. The van der Waals surface area contributed by atoms with Crippen LogP contribution in [0.4, 0.5) is 5.69 Å². The van der Waals surface area contributed by atoms with E-state index in [2.05, 4.69) is 36.2 Å². The molecule has 2 heterocycles. The lowest BCUT2D eigenvalue weighted by Crippen LogP contribution is -2.40. The number of nitrogens with one attached hydrogen (secondary N) is 1. The van der Waals surface area contributed by atoms with Gasteiger partial charge in [-0.3, -0.25) is 0 Å². The lowest BCUT2D eigenvalue weighted by molar-refractivity contribution is 0.182. The van der Waals surface area contributed by atoms with Gasteiger partial charge in [-0.25, -0.2) is 0 Å². The van der Waals surface area contributed by atoms with E-state index in [9.17, 15) is 0 Å². The summed E-state index contributed by atoms with van der Waals surface area (Å²) in [6.45, 7) is 8.87. The quantitative estimate of drug-likeness (QED) is 0.921. The lowest BCUT2D eigenvalue weighted by Gasteiger charge is -2.37. The number of benzene rings is 1. The highest BCUT2D eigenvalue weighted by Gasteiger charge is 2.26. The first kappa shape index (κ1) is 14.7. The fourth-order valence-electron chi connectivity index (χ4n) is 3.55. The Morgan fingerprint density at radius 3 is 2.62 bits per heavy atom. The van der Waals surface area contributed by atoms with E-state index in [0.717, 1.165) is 51.2 Å². The zero-order valence-corrected chi connectivity index (χ0v) is 13.5. The third-order valence-corrected chi connectivity index (χ3v) is 4.59. The number of ether oxygens (including phenoxy) is 1. The zero-order chi connectivity index (χ0) is 14.7. The third kappa shape index (κ3) is 3.18. The molecule has 0 bridgehead atoms. The monoisotopic (exact) mass is 288 g/mol. The molecule has 3 heteroatoms. The maximum absolute atomic E-state index is 6.29. The summed E-state index contributed by atoms with van der Waals surface area (Å²) in [7, 11) is 0. The van der Waals surface area contributed by atoms with Crippen molar-refractivity contribution >= 4 is 5.69 Å². The fourth-order valence-corrected chi connectivity index (χ4v) is 3.55. The first-order valence-electron chi connectivity index (χ1n) is 8.60. The molecule has 1 atom stereocenters. The van der Waals surface area contributed by atoms with E-state index >= 15 is 0 Å². The van der Waals surface area contributed by atoms with E-state index in [1.165, 1.54) is 29.7 Å². The molecular weight excluding hydrogens is 260 g/mol. The third-order valence-electron chi connectivity index (χ3n) is 4.59. The van der Waals surface area contributed by atoms with Crippen LogP contribution in [-0.4, -0.2) is 32.3 Å². The smallest absolute Gasteiger partial charge is 0.143 e. The standard InChI is InChI=1S/C18H28N2O/c1-3-5-16-13-20(10-4-2)17-11-14-6-8-19-9-7-15(14)12-18(17)21-16/h11-12,16,19H,3-10,13H2,1-2H3/t16-/m1/s1. The highest BCUT2D eigenvalue weighted by Crippen LogP contribution is 2.37. The van der Waals surface area contributed by atoms with Gasteiger partial charge in [0.15, 0.2) is 0 Å². The number of hydrogen-bond donors (Lipinski definition) is 1. The number of anilines is 1. The molecule has 0 spiro atoms. The summed E-state index contributed by atoms with van der Waals surface area (Å²) in [6, 6.07) is 4.72. The predicted octanol–water partition coefficient (Wildman–Crippen LogP) is 3.15. The van der Waals surface area contributed by atoms with Gasteiger partial charge < -0.3 is 15.0 Å². The van der Waals surface area contributed by atoms with Crippen molar-refractivity contribution < 1.29 is 4.74 Å². The Morgan fingerprint density at radius 1 is 1.14 bits per heavy atom. The number of fused-ring (bicyclic) bond motifs is 2. The molecule has 1 N–H and O–H groups in total. The molecular formula is C18H28N2O. The topological polar surface area (TPSA) is 24.5 Å². The van der Waals surface area contributed by atoms with Gasteiger partial charge in [0.05, 0.1) is 12.2 Å². The molecule has 3 rings (SSSR count). The van der Waals surface area contributed by atoms with Crippen molar-refractivity contribution in [3.63, 3.8) is 0 Å². The Morgan fingerprint density at radius 2 is 1.90 bits per heavy atom. The summed E-state index contributed by atoms with van der Waals surface area (Å²) in [5.41, 5.74) is 4.31. The molecule has 2 aliphatic rings. The highest BCUT2D eigenvalue weighted by molar-refractivity contribution is 5.64. The van der Waals surface area contributed by atoms with Crippen LogP contribution in [0.2, 0.25) is 0 Å². The number of rotatable bonds is 4. The average molecular weight is 288 g/mol. The molecule has 0 saturated carbocycles. The Hall–Kier alpha value is -1.22. The normalized spacial score (nSPS) is 21.2. The van der Waals surface area contributed by atoms with E-state index in [4.69, 9.17) is 4.74 Å². The van der Waals surface area contributed by atoms with E-state index in [-0.39, 0.29) is 0 Å². The minimum atomic E-state index is 0.357. The molecule has 1 aromatic rings. The van der Waals surface area contributed by atoms with Crippen LogP contribution in [0.25, 0.3) is 0 Å².